The number of benzene rings is 1. The number of esters is 1. The molecule has 4 unspecified atom stereocenters. The van der Waals surface area contributed by atoms with E-state index in [1.54, 1.807) is 0 Å². The van der Waals surface area contributed by atoms with Gasteiger partial charge in [0, 0.05) is 12.1 Å². The minimum Gasteiger partial charge on any atom is -0.497 e. The molecule has 0 aliphatic carbocycles. The Balaban J connectivity index is 2.28. The number of carbonyl (C=O) groups is 5. The number of carboxylic acids is 1. The monoisotopic (exact) mass is 450 g/mol. The van der Waals surface area contributed by atoms with Crippen LogP contribution in [-0.2, 0) is 23.9 Å². The van der Waals surface area contributed by atoms with Gasteiger partial charge in [-0.05, 0) is 18.6 Å². The Labute approximate surface area is 182 Å². The smallest absolute Gasteiger partial charge is 0.423 e. The highest BCUT2D eigenvalue weighted by atomic mass is 16.5. The van der Waals surface area contributed by atoms with Crippen molar-refractivity contribution in [2.45, 2.75) is 18.5 Å². The number of fused-ring (bicyclic) bond motifs is 1. The van der Waals surface area contributed by atoms with E-state index in [-0.39, 0.29) is 22.6 Å². The molecule has 2 N–H and O–H groups in total. The van der Waals surface area contributed by atoms with Crippen molar-refractivity contribution in [3.8, 4) is 11.5 Å². The summed E-state index contributed by atoms with van der Waals surface area (Å²) in [5.41, 5.74) is -1.91. The van der Waals surface area contributed by atoms with Gasteiger partial charge in [-0.2, -0.15) is 4.90 Å². The number of rotatable bonds is 5. The highest BCUT2D eigenvalue weighted by Crippen LogP contribution is 2.50. The number of carbonyl (C=O) groups excluding carboxylic acids is 4. The summed E-state index contributed by atoms with van der Waals surface area (Å²) in [6, 6.07) is 1.65. The minimum atomic E-state index is -1.94. The first-order valence-electron chi connectivity index (χ1n) is 9.38. The molecule has 0 saturated carbocycles. The average molecular weight is 450 g/mol. The van der Waals surface area contributed by atoms with E-state index in [4.69, 9.17) is 14.2 Å². The lowest BCUT2D eigenvalue weighted by molar-refractivity contribution is -0.149. The molecule has 0 radical (unpaired) electrons. The lowest BCUT2D eigenvalue weighted by Gasteiger charge is -2.27. The molecule has 3 amide bonds. The predicted octanol–water partition coefficient (Wildman–Crippen LogP) is 0.346. The topological polar surface area (TPSA) is 158 Å². The Morgan fingerprint density at radius 1 is 1.03 bits per heavy atom. The van der Waals surface area contributed by atoms with E-state index in [2.05, 4.69) is 10.1 Å². The number of imide groups is 3. The van der Waals surface area contributed by atoms with Crippen LogP contribution in [-0.4, -0.2) is 73.8 Å². The summed E-state index contributed by atoms with van der Waals surface area (Å²) in [4.78, 5) is 63.3. The van der Waals surface area contributed by atoms with Crippen molar-refractivity contribution in [3.05, 3.63) is 23.3 Å². The van der Waals surface area contributed by atoms with Gasteiger partial charge in [0.25, 0.3) is 0 Å². The molecule has 172 valence electrons. The van der Waals surface area contributed by atoms with Crippen LogP contribution in [0.4, 0.5) is 4.79 Å². The lowest BCUT2D eigenvalue weighted by Crippen LogP contribution is -2.54. The van der Waals surface area contributed by atoms with Gasteiger partial charge in [-0.1, -0.05) is 0 Å². The highest BCUT2D eigenvalue weighted by molar-refractivity contribution is 6.18. The van der Waals surface area contributed by atoms with Crippen LogP contribution in [0.5, 0.6) is 11.5 Å². The second kappa shape index (κ2) is 8.11. The third kappa shape index (κ3) is 3.14. The van der Waals surface area contributed by atoms with E-state index in [1.165, 1.54) is 33.3 Å². The molecule has 12 nitrogen and oxygen atoms in total. The molecular formula is C20H22N2O10. The normalized spacial score (nSPS) is 26.5. The second-order valence-electron chi connectivity index (χ2n) is 7.40. The third-order valence-electron chi connectivity index (χ3n) is 5.88. The first-order chi connectivity index (χ1) is 15.1. The van der Waals surface area contributed by atoms with Gasteiger partial charge in [0.1, 0.15) is 22.6 Å². The summed E-state index contributed by atoms with van der Waals surface area (Å²) in [5.74, 6) is -6.68. The van der Waals surface area contributed by atoms with Crippen molar-refractivity contribution in [3.63, 3.8) is 0 Å². The Bertz CT molecular complexity index is 1020. The zero-order valence-electron chi connectivity index (χ0n) is 18.0. The van der Waals surface area contributed by atoms with Gasteiger partial charge in [-0.25, -0.2) is 9.59 Å². The number of nitrogens with one attached hydrogen (secondary N) is 1. The van der Waals surface area contributed by atoms with Crippen LogP contribution in [0.1, 0.15) is 28.9 Å². The number of amides is 3. The fourth-order valence-corrected chi connectivity index (χ4v) is 4.33. The molecule has 32 heavy (non-hydrogen) atoms. The number of carboxylic acid groups (broad SMARTS) is 1. The number of aliphatic carboxylic acids is 1. The molecular weight excluding hydrogens is 428 g/mol. The van der Waals surface area contributed by atoms with E-state index in [0.29, 0.717) is 4.90 Å². The number of methoxy groups -OCH3 is 4. The zero-order valence-corrected chi connectivity index (χ0v) is 18.0. The van der Waals surface area contributed by atoms with E-state index < -0.39 is 53.3 Å². The number of likely N-dealkylation sites (tertiary alicyclic amines) is 1. The summed E-state index contributed by atoms with van der Waals surface area (Å²) in [6.45, 7) is 1.23. The molecule has 1 aromatic carbocycles. The van der Waals surface area contributed by atoms with Gasteiger partial charge in [0.2, 0.25) is 11.8 Å². The molecule has 4 atom stereocenters. The van der Waals surface area contributed by atoms with Crippen molar-refractivity contribution in [2.75, 3.05) is 28.4 Å². The van der Waals surface area contributed by atoms with Crippen molar-refractivity contribution in [1.82, 2.24) is 10.2 Å². The third-order valence-corrected chi connectivity index (χ3v) is 5.88. The molecule has 2 saturated heterocycles. The van der Waals surface area contributed by atoms with Crippen LogP contribution >= 0.6 is 0 Å². The van der Waals surface area contributed by atoms with Crippen LogP contribution in [0, 0.1) is 11.8 Å². The number of nitrogens with zero attached hydrogens (tertiary/aromatic N) is 1. The Hall–Kier alpha value is -3.67. The van der Waals surface area contributed by atoms with Crippen LogP contribution in [0.3, 0.4) is 0 Å². The molecule has 2 aliphatic heterocycles. The number of hydrogen-bond donors (Lipinski definition) is 2. The maximum atomic E-state index is 13.1. The lowest BCUT2D eigenvalue weighted by atomic mass is 9.80. The molecule has 2 fully saturated rings. The zero-order chi connectivity index (χ0) is 24.0. The molecule has 1 aromatic rings. The molecule has 3 rings (SSSR count). The van der Waals surface area contributed by atoms with Crippen molar-refractivity contribution < 1.29 is 48.0 Å². The van der Waals surface area contributed by atoms with E-state index in [1.807, 2.05) is 0 Å². The summed E-state index contributed by atoms with van der Waals surface area (Å²) >= 11 is 0. The SMILES string of the molecule is COC(=O)c1c(OC)cc(OC)cc1C1NC(C)(C(=O)O)C2C(=O)N(C(=O)OC)C(=O)C12. The number of ether oxygens (including phenoxy) is 4. The molecule has 0 spiro atoms. The van der Waals surface area contributed by atoms with Crippen LogP contribution in [0.15, 0.2) is 12.1 Å². The molecule has 2 aliphatic rings. The van der Waals surface area contributed by atoms with Gasteiger partial charge in [-0.3, -0.25) is 19.7 Å². The summed E-state index contributed by atoms with van der Waals surface area (Å²) in [6.07, 6.45) is -1.22. The molecule has 0 bridgehead atoms. The van der Waals surface area contributed by atoms with Gasteiger partial charge >= 0.3 is 18.0 Å². The maximum absolute atomic E-state index is 13.1. The van der Waals surface area contributed by atoms with Crippen molar-refractivity contribution >= 4 is 29.8 Å². The summed E-state index contributed by atoms with van der Waals surface area (Å²) in [5, 5.41) is 12.7. The Kier molecular flexibility index (Phi) is 5.83. The van der Waals surface area contributed by atoms with Gasteiger partial charge < -0.3 is 24.1 Å². The first kappa shape index (κ1) is 23.0. The largest absolute Gasteiger partial charge is 0.497 e. The standard InChI is InChI=1S/C20H22N2O10/c1-20(18(26)27)13-12(15(23)22(16(13)24)19(28)32-5)14(21-20)9-6-8(29-2)7-10(30-3)11(9)17(25)31-4/h6-7,12-14,21H,1-5H3,(H,26,27). The van der Waals surface area contributed by atoms with Crippen LogP contribution in [0.25, 0.3) is 0 Å². The van der Waals surface area contributed by atoms with E-state index in [9.17, 15) is 29.1 Å². The van der Waals surface area contributed by atoms with Crippen LogP contribution < -0.4 is 14.8 Å². The number of hydrogen-bond acceptors (Lipinski definition) is 10. The van der Waals surface area contributed by atoms with Crippen molar-refractivity contribution in [2.24, 2.45) is 11.8 Å². The van der Waals surface area contributed by atoms with Gasteiger partial charge in [0.05, 0.1) is 40.3 Å². The van der Waals surface area contributed by atoms with E-state index >= 15 is 0 Å². The molecule has 0 aromatic heterocycles. The molecule has 12 heteroatoms. The minimum absolute atomic E-state index is 0.0510. The van der Waals surface area contributed by atoms with E-state index in [0.717, 1.165) is 14.2 Å². The summed E-state index contributed by atoms with van der Waals surface area (Å²) in [7, 11) is 4.81. The average Bonchev–Trinajstić information content (AvgIpc) is 3.25. The summed E-state index contributed by atoms with van der Waals surface area (Å²) < 4.78 is 19.9. The molecule has 2 heterocycles. The van der Waals surface area contributed by atoms with Gasteiger partial charge in [0.15, 0.2) is 0 Å². The van der Waals surface area contributed by atoms with Gasteiger partial charge in [-0.15, -0.1) is 0 Å². The highest BCUT2D eigenvalue weighted by Gasteiger charge is 2.68. The fourth-order valence-electron chi connectivity index (χ4n) is 4.33. The van der Waals surface area contributed by atoms with Crippen molar-refractivity contribution in [1.29, 1.82) is 0 Å². The maximum Gasteiger partial charge on any atom is 0.423 e. The Morgan fingerprint density at radius 2 is 1.69 bits per heavy atom. The first-order valence-corrected chi connectivity index (χ1v) is 9.38. The van der Waals surface area contributed by atoms with Crippen LogP contribution in [0.2, 0.25) is 0 Å². The fraction of sp³-hybridized carbons (Fsp3) is 0.450. The predicted molar refractivity (Wildman–Crippen MR) is 104 cm³/mol. The second-order valence-corrected chi connectivity index (χ2v) is 7.40. The Morgan fingerprint density at radius 3 is 2.19 bits per heavy atom. The quantitative estimate of drug-likeness (QED) is 0.471.